The van der Waals surface area contributed by atoms with Gasteiger partial charge in [-0.1, -0.05) is 6.07 Å². The van der Waals surface area contributed by atoms with Crippen molar-refractivity contribution in [3.8, 4) is 11.5 Å². The van der Waals surface area contributed by atoms with Crippen LogP contribution in [0.25, 0.3) is 0 Å². The zero-order chi connectivity index (χ0) is 14.7. The Bertz CT molecular complexity index is 715. The first kappa shape index (κ1) is 12.9. The maximum Gasteiger partial charge on any atom is 0.271 e. The van der Waals surface area contributed by atoms with Gasteiger partial charge in [-0.05, 0) is 29.8 Å². The highest BCUT2D eigenvalue weighted by Gasteiger charge is 2.12. The average Bonchev–Trinajstić information content (AvgIpc) is 2.95. The van der Waals surface area contributed by atoms with Crippen molar-refractivity contribution in [1.29, 1.82) is 0 Å². The molecule has 1 heterocycles. The lowest BCUT2D eigenvalue weighted by Gasteiger charge is -2.00. The number of nitro groups is 1. The van der Waals surface area contributed by atoms with Gasteiger partial charge in [0.1, 0.15) is 0 Å². The molecule has 2 aromatic carbocycles. The number of hydrazone groups is 1. The molecule has 1 N–H and O–H groups in total. The van der Waals surface area contributed by atoms with Gasteiger partial charge in [0.15, 0.2) is 11.5 Å². The van der Waals surface area contributed by atoms with Crippen LogP contribution in [0.2, 0.25) is 0 Å². The molecule has 7 heteroatoms. The maximum absolute atomic E-state index is 10.7. The summed E-state index contributed by atoms with van der Waals surface area (Å²) in [6, 6.07) is 11.6. The van der Waals surface area contributed by atoms with E-state index in [1.165, 1.54) is 12.1 Å². The van der Waals surface area contributed by atoms with Crippen LogP contribution in [0.3, 0.4) is 0 Å². The van der Waals surface area contributed by atoms with E-state index < -0.39 is 4.92 Å². The molecule has 0 aliphatic carbocycles. The summed E-state index contributed by atoms with van der Waals surface area (Å²) in [7, 11) is 0. The first-order chi connectivity index (χ1) is 10.2. The van der Waals surface area contributed by atoms with Gasteiger partial charge in [0.05, 0.1) is 16.8 Å². The summed E-state index contributed by atoms with van der Waals surface area (Å²) >= 11 is 0. The van der Waals surface area contributed by atoms with E-state index in [9.17, 15) is 10.1 Å². The van der Waals surface area contributed by atoms with Crippen molar-refractivity contribution in [2.45, 2.75) is 0 Å². The van der Waals surface area contributed by atoms with E-state index in [1.54, 1.807) is 30.5 Å². The third-order valence-corrected chi connectivity index (χ3v) is 2.86. The number of nitrogens with one attached hydrogen (secondary N) is 1. The van der Waals surface area contributed by atoms with Crippen molar-refractivity contribution >= 4 is 17.6 Å². The monoisotopic (exact) mass is 285 g/mol. The normalized spacial score (nSPS) is 12.6. The predicted octanol–water partition coefficient (Wildman–Crippen LogP) is 2.77. The van der Waals surface area contributed by atoms with Gasteiger partial charge in [0.25, 0.3) is 5.69 Å². The Morgan fingerprint density at radius 2 is 2.05 bits per heavy atom. The second kappa shape index (κ2) is 5.49. The highest BCUT2D eigenvalue weighted by molar-refractivity contribution is 5.81. The van der Waals surface area contributed by atoms with E-state index in [4.69, 9.17) is 9.47 Å². The summed E-state index contributed by atoms with van der Waals surface area (Å²) in [6.45, 7) is 0.224. The van der Waals surface area contributed by atoms with Crippen LogP contribution in [0.4, 0.5) is 11.4 Å². The van der Waals surface area contributed by atoms with E-state index in [2.05, 4.69) is 10.5 Å². The molecule has 106 valence electrons. The molecule has 0 saturated carbocycles. The number of hydrogen-bond acceptors (Lipinski definition) is 6. The number of nitro benzene ring substituents is 1. The number of benzene rings is 2. The van der Waals surface area contributed by atoms with Gasteiger partial charge >= 0.3 is 0 Å². The van der Waals surface area contributed by atoms with Crippen molar-refractivity contribution in [3.63, 3.8) is 0 Å². The molecule has 0 atom stereocenters. The molecule has 0 unspecified atom stereocenters. The Balaban J connectivity index is 1.69. The number of hydrogen-bond donors (Lipinski definition) is 1. The molecule has 0 fully saturated rings. The minimum Gasteiger partial charge on any atom is -0.454 e. The molecule has 0 radical (unpaired) electrons. The lowest BCUT2D eigenvalue weighted by Crippen LogP contribution is -1.93. The van der Waals surface area contributed by atoms with Crippen LogP contribution in [0.1, 0.15) is 5.56 Å². The highest BCUT2D eigenvalue weighted by atomic mass is 16.7. The van der Waals surface area contributed by atoms with Crippen molar-refractivity contribution in [2.75, 3.05) is 12.2 Å². The van der Waals surface area contributed by atoms with Gasteiger partial charge in [-0.15, -0.1) is 0 Å². The Labute approximate surface area is 120 Å². The predicted molar refractivity (Wildman–Crippen MR) is 76.9 cm³/mol. The molecule has 0 saturated heterocycles. The number of rotatable bonds is 4. The molecular weight excluding hydrogens is 274 g/mol. The summed E-state index contributed by atoms with van der Waals surface area (Å²) in [5, 5.41) is 14.7. The lowest BCUT2D eigenvalue weighted by atomic mass is 10.2. The summed E-state index contributed by atoms with van der Waals surface area (Å²) in [5.74, 6) is 1.38. The van der Waals surface area contributed by atoms with Gasteiger partial charge in [0.2, 0.25) is 6.79 Å². The van der Waals surface area contributed by atoms with Crippen molar-refractivity contribution in [2.24, 2.45) is 5.10 Å². The summed E-state index contributed by atoms with van der Waals surface area (Å²) in [4.78, 5) is 10.2. The molecular formula is C14H11N3O4. The quantitative estimate of drug-likeness (QED) is 0.530. The molecule has 2 aromatic rings. The Morgan fingerprint density at radius 1 is 1.19 bits per heavy atom. The molecule has 0 spiro atoms. The standard InChI is InChI=1S/C14H11N3O4/c18-17(19)12-3-1-2-11(7-12)16-15-8-10-4-5-13-14(6-10)21-9-20-13/h1-8,16H,9H2/b15-8+. The fraction of sp³-hybridized carbons (Fsp3) is 0.0714. The van der Waals surface area contributed by atoms with Crippen LogP contribution >= 0.6 is 0 Å². The van der Waals surface area contributed by atoms with Crippen LogP contribution < -0.4 is 14.9 Å². The Kier molecular flexibility index (Phi) is 3.38. The summed E-state index contributed by atoms with van der Waals surface area (Å²) < 4.78 is 10.5. The minimum absolute atomic E-state index is 0.0123. The Hall–Kier alpha value is -3.09. The molecule has 7 nitrogen and oxygen atoms in total. The number of ether oxygens (including phenoxy) is 2. The van der Waals surface area contributed by atoms with Crippen molar-refractivity contribution in [1.82, 2.24) is 0 Å². The average molecular weight is 285 g/mol. The van der Waals surface area contributed by atoms with Gasteiger partial charge < -0.3 is 9.47 Å². The van der Waals surface area contributed by atoms with E-state index in [1.807, 2.05) is 6.07 Å². The van der Waals surface area contributed by atoms with Gasteiger partial charge in [-0.3, -0.25) is 15.5 Å². The second-order valence-corrected chi connectivity index (χ2v) is 4.29. The maximum atomic E-state index is 10.7. The van der Waals surface area contributed by atoms with Crippen LogP contribution in [0, 0.1) is 10.1 Å². The molecule has 0 bridgehead atoms. The van der Waals surface area contributed by atoms with Crippen LogP contribution in [0.15, 0.2) is 47.6 Å². The van der Waals surface area contributed by atoms with Crippen molar-refractivity contribution < 1.29 is 14.4 Å². The number of nitrogens with zero attached hydrogens (tertiary/aromatic N) is 2. The SMILES string of the molecule is O=[N+]([O-])c1cccc(N/N=C/c2ccc3c(c2)OCO3)c1. The van der Waals surface area contributed by atoms with E-state index in [-0.39, 0.29) is 12.5 Å². The molecule has 0 aromatic heterocycles. The van der Waals surface area contributed by atoms with E-state index in [0.717, 1.165) is 5.56 Å². The molecule has 21 heavy (non-hydrogen) atoms. The number of anilines is 1. The number of fused-ring (bicyclic) bond motifs is 1. The van der Waals surface area contributed by atoms with E-state index >= 15 is 0 Å². The third-order valence-electron chi connectivity index (χ3n) is 2.86. The van der Waals surface area contributed by atoms with E-state index in [0.29, 0.717) is 17.2 Å². The number of non-ortho nitro benzene ring substituents is 1. The molecule has 3 rings (SSSR count). The van der Waals surface area contributed by atoms with Crippen molar-refractivity contribution in [3.05, 3.63) is 58.1 Å². The van der Waals surface area contributed by atoms with Gasteiger partial charge in [0, 0.05) is 12.1 Å². The summed E-state index contributed by atoms with van der Waals surface area (Å²) in [5.41, 5.74) is 4.13. The van der Waals surface area contributed by atoms with Gasteiger partial charge in [-0.25, -0.2) is 0 Å². The highest BCUT2D eigenvalue weighted by Crippen LogP contribution is 2.32. The zero-order valence-corrected chi connectivity index (χ0v) is 10.9. The van der Waals surface area contributed by atoms with Crippen LogP contribution in [-0.4, -0.2) is 17.9 Å². The molecule has 1 aliphatic rings. The minimum atomic E-state index is -0.452. The molecule has 1 aliphatic heterocycles. The lowest BCUT2D eigenvalue weighted by molar-refractivity contribution is -0.384. The van der Waals surface area contributed by atoms with Crippen LogP contribution in [-0.2, 0) is 0 Å². The first-order valence-electron chi connectivity index (χ1n) is 6.15. The topological polar surface area (TPSA) is 86.0 Å². The second-order valence-electron chi connectivity index (χ2n) is 4.29. The molecule has 0 amide bonds. The first-order valence-corrected chi connectivity index (χ1v) is 6.15. The summed E-state index contributed by atoms with van der Waals surface area (Å²) in [6.07, 6.45) is 1.60. The fourth-order valence-electron chi connectivity index (χ4n) is 1.86. The largest absolute Gasteiger partial charge is 0.454 e. The fourth-order valence-corrected chi connectivity index (χ4v) is 1.86. The van der Waals surface area contributed by atoms with Crippen LogP contribution in [0.5, 0.6) is 11.5 Å². The smallest absolute Gasteiger partial charge is 0.271 e. The Morgan fingerprint density at radius 3 is 2.90 bits per heavy atom. The van der Waals surface area contributed by atoms with Gasteiger partial charge in [-0.2, -0.15) is 5.10 Å². The third kappa shape index (κ3) is 2.92. The zero-order valence-electron chi connectivity index (χ0n) is 10.9.